The molecule has 1 saturated heterocycles. The summed E-state index contributed by atoms with van der Waals surface area (Å²) < 4.78 is 37.9. The number of anilines is 1. The van der Waals surface area contributed by atoms with Gasteiger partial charge in [0.25, 0.3) is 0 Å². The molecule has 1 heterocycles. The van der Waals surface area contributed by atoms with Crippen LogP contribution < -0.4 is 10.6 Å². The summed E-state index contributed by atoms with van der Waals surface area (Å²) in [5, 5.41) is -0.0619. The molecule has 1 aliphatic heterocycles. The van der Waals surface area contributed by atoms with Crippen LogP contribution in [0.15, 0.2) is 18.2 Å². The van der Waals surface area contributed by atoms with Gasteiger partial charge in [0.2, 0.25) is 5.91 Å². The second kappa shape index (κ2) is 4.44. The van der Waals surface area contributed by atoms with Crippen molar-refractivity contribution < 1.29 is 18.0 Å². The first kappa shape index (κ1) is 13.2. The molecule has 0 bridgehead atoms. The van der Waals surface area contributed by atoms with Crippen LogP contribution in [-0.4, -0.2) is 18.5 Å². The molecule has 1 aromatic carbocycles. The molecular weight excluding hydrogens is 269 g/mol. The van der Waals surface area contributed by atoms with Gasteiger partial charge in [-0.1, -0.05) is 11.6 Å². The third-order valence-electron chi connectivity index (χ3n) is 2.77. The molecule has 0 aliphatic carbocycles. The normalized spacial score (nSPS) is 20.6. The Morgan fingerprint density at radius 3 is 2.50 bits per heavy atom. The number of alkyl halides is 3. The van der Waals surface area contributed by atoms with Crippen LogP contribution in [0.4, 0.5) is 18.9 Å². The average molecular weight is 279 g/mol. The lowest BCUT2D eigenvalue weighted by Gasteiger charge is -2.18. The van der Waals surface area contributed by atoms with Gasteiger partial charge in [0.05, 0.1) is 11.6 Å². The third kappa shape index (κ3) is 2.44. The van der Waals surface area contributed by atoms with Gasteiger partial charge in [-0.3, -0.25) is 4.79 Å². The van der Waals surface area contributed by atoms with Crippen molar-refractivity contribution in [1.82, 2.24) is 0 Å². The minimum Gasteiger partial charge on any atom is -0.320 e. The van der Waals surface area contributed by atoms with Gasteiger partial charge in [-0.25, -0.2) is 0 Å². The second-order valence-electron chi connectivity index (χ2n) is 4.08. The third-order valence-corrected chi connectivity index (χ3v) is 2.99. The van der Waals surface area contributed by atoms with Crippen LogP contribution >= 0.6 is 11.6 Å². The van der Waals surface area contributed by atoms with Gasteiger partial charge in [0.15, 0.2) is 0 Å². The molecule has 2 N–H and O–H groups in total. The first-order valence-electron chi connectivity index (χ1n) is 5.24. The van der Waals surface area contributed by atoms with E-state index in [1.54, 1.807) is 0 Å². The van der Waals surface area contributed by atoms with Crippen molar-refractivity contribution in [2.24, 2.45) is 5.73 Å². The summed E-state index contributed by atoms with van der Waals surface area (Å²) in [6, 6.07) is 2.40. The summed E-state index contributed by atoms with van der Waals surface area (Å²) in [5.74, 6) is -0.384. The van der Waals surface area contributed by atoms with Gasteiger partial charge < -0.3 is 10.6 Å². The Hall–Kier alpha value is -1.27. The Morgan fingerprint density at radius 2 is 2.00 bits per heavy atom. The molecule has 1 aliphatic rings. The molecule has 0 radical (unpaired) electrons. The smallest absolute Gasteiger partial charge is 0.320 e. The molecule has 98 valence electrons. The highest BCUT2D eigenvalue weighted by Gasteiger charge is 2.34. The molecule has 18 heavy (non-hydrogen) atoms. The minimum atomic E-state index is -4.50. The molecule has 1 unspecified atom stereocenters. The molecule has 0 aromatic heterocycles. The molecule has 1 fully saturated rings. The van der Waals surface area contributed by atoms with Crippen LogP contribution in [-0.2, 0) is 11.0 Å². The van der Waals surface area contributed by atoms with Crippen LogP contribution in [0.25, 0.3) is 0 Å². The number of amides is 1. The molecular formula is C11H10ClF3N2O. The molecule has 1 atom stereocenters. The van der Waals surface area contributed by atoms with E-state index >= 15 is 0 Å². The Labute approximate surface area is 106 Å². The van der Waals surface area contributed by atoms with Crippen molar-refractivity contribution in [2.75, 3.05) is 11.4 Å². The maximum Gasteiger partial charge on any atom is 0.416 e. The monoisotopic (exact) mass is 278 g/mol. The summed E-state index contributed by atoms with van der Waals surface area (Å²) in [4.78, 5) is 12.9. The van der Waals surface area contributed by atoms with E-state index in [1.807, 2.05) is 0 Å². The van der Waals surface area contributed by atoms with Gasteiger partial charge in [-0.2, -0.15) is 13.2 Å². The number of carbonyl (C=O) groups excluding carboxylic acids is 1. The maximum atomic E-state index is 12.6. The minimum absolute atomic E-state index is 0.0619. The van der Waals surface area contributed by atoms with Gasteiger partial charge in [0, 0.05) is 17.3 Å². The number of hydrogen-bond donors (Lipinski definition) is 1. The van der Waals surface area contributed by atoms with E-state index in [9.17, 15) is 18.0 Å². The Balaban J connectivity index is 2.40. The number of halogens is 4. The fraction of sp³-hybridized carbons (Fsp3) is 0.364. The maximum absolute atomic E-state index is 12.6. The van der Waals surface area contributed by atoms with E-state index in [0.717, 1.165) is 12.1 Å². The van der Waals surface area contributed by atoms with Crippen molar-refractivity contribution in [3.8, 4) is 0 Å². The van der Waals surface area contributed by atoms with Gasteiger partial charge in [-0.05, 0) is 24.6 Å². The van der Waals surface area contributed by atoms with Crippen molar-refractivity contribution in [1.29, 1.82) is 0 Å². The summed E-state index contributed by atoms with van der Waals surface area (Å²) >= 11 is 5.65. The van der Waals surface area contributed by atoms with Gasteiger partial charge >= 0.3 is 6.18 Å². The lowest BCUT2D eigenvalue weighted by molar-refractivity contribution is -0.137. The van der Waals surface area contributed by atoms with E-state index in [0.29, 0.717) is 13.0 Å². The Kier molecular flexibility index (Phi) is 3.25. The largest absolute Gasteiger partial charge is 0.416 e. The molecule has 3 nitrogen and oxygen atoms in total. The van der Waals surface area contributed by atoms with Crippen LogP contribution in [0.5, 0.6) is 0 Å². The standard InChI is InChI=1S/C11H10ClF3N2O/c12-7-3-6(11(13,14)15)4-8(5-7)17-2-1-9(16)10(17)18/h3-5,9H,1-2,16H2. The molecule has 1 amide bonds. The lowest BCUT2D eigenvalue weighted by atomic mass is 10.2. The van der Waals surface area contributed by atoms with Crippen LogP contribution in [0, 0.1) is 0 Å². The number of nitrogens with two attached hydrogens (primary N) is 1. The highest BCUT2D eigenvalue weighted by atomic mass is 35.5. The Morgan fingerprint density at radius 1 is 1.33 bits per heavy atom. The SMILES string of the molecule is NC1CCN(c2cc(Cl)cc(C(F)(F)F)c2)C1=O. The van der Waals surface area contributed by atoms with Crippen molar-refractivity contribution in [3.63, 3.8) is 0 Å². The van der Waals surface area contributed by atoms with Crippen molar-refractivity contribution >= 4 is 23.2 Å². The number of hydrogen-bond acceptors (Lipinski definition) is 2. The van der Waals surface area contributed by atoms with Crippen LogP contribution in [0.2, 0.25) is 5.02 Å². The van der Waals surface area contributed by atoms with Gasteiger partial charge in [0.1, 0.15) is 0 Å². The van der Waals surface area contributed by atoms with Crippen molar-refractivity contribution in [2.45, 2.75) is 18.6 Å². The highest BCUT2D eigenvalue weighted by Crippen LogP contribution is 2.35. The summed E-state index contributed by atoms with van der Waals surface area (Å²) in [7, 11) is 0. The predicted octanol–water partition coefficient (Wildman–Crippen LogP) is 2.42. The van der Waals surface area contributed by atoms with Gasteiger partial charge in [-0.15, -0.1) is 0 Å². The molecule has 1 aromatic rings. The zero-order valence-electron chi connectivity index (χ0n) is 9.17. The van der Waals surface area contributed by atoms with E-state index in [2.05, 4.69) is 0 Å². The fourth-order valence-electron chi connectivity index (χ4n) is 1.85. The summed E-state index contributed by atoms with van der Waals surface area (Å²) in [5.41, 5.74) is 4.78. The zero-order chi connectivity index (χ0) is 13.5. The quantitative estimate of drug-likeness (QED) is 0.857. The highest BCUT2D eigenvalue weighted by molar-refractivity contribution is 6.31. The fourth-order valence-corrected chi connectivity index (χ4v) is 2.08. The van der Waals surface area contributed by atoms with Crippen LogP contribution in [0.3, 0.4) is 0 Å². The second-order valence-corrected chi connectivity index (χ2v) is 4.52. The molecule has 0 saturated carbocycles. The molecule has 0 spiro atoms. The number of carbonyl (C=O) groups is 1. The first-order chi connectivity index (χ1) is 8.29. The average Bonchev–Trinajstić information content (AvgIpc) is 2.58. The van der Waals surface area contributed by atoms with E-state index in [-0.39, 0.29) is 16.6 Å². The zero-order valence-corrected chi connectivity index (χ0v) is 9.92. The predicted molar refractivity (Wildman–Crippen MR) is 61.4 cm³/mol. The molecule has 7 heteroatoms. The Bertz CT molecular complexity index is 490. The van der Waals surface area contributed by atoms with E-state index in [4.69, 9.17) is 17.3 Å². The lowest BCUT2D eigenvalue weighted by Crippen LogP contribution is -2.34. The molecule has 2 rings (SSSR count). The van der Waals surface area contributed by atoms with Crippen molar-refractivity contribution in [3.05, 3.63) is 28.8 Å². The topological polar surface area (TPSA) is 46.3 Å². The number of benzene rings is 1. The first-order valence-corrected chi connectivity index (χ1v) is 5.61. The number of rotatable bonds is 1. The summed E-state index contributed by atoms with van der Waals surface area (Å²) in [6.07, 6.45) is -4.07. The van der Waals surface area contributed by atoms with E-state index in [1.165, 1.54) is 11.0 Å². The van der Waals surface area contributed by atoms with E-state index < -0.39 is 17.8 Å². The van der Waals surface area contributed by atoms with Crippen LogP contribution in [0.1, 0.15) is 12.0 Å². The number of nitrogens with zero attached hydrogens (tertiary/aromatic N) is 1. The summed E-state index contributed by atoms with van der Waals surface area (Å²) in [6.45, 7) is 0.303.